The summed E-state index contributed by atoms with van der Waals surface area (Å²) in [7, 11) is 0. The van der Waals surface area contributed by atoms with Crippen LogP contribution >= 0.6 is 0 Å². The Morgan fingerprint density at radius 3 is 2.83 bits per heavy atom. The van der Waals surface area contributed by atoms with Gasteiger partial charge in [0.1, 0.15) is 29.5 Å². The number of nitriles is 1. The van der Waals surface area contributed by atoms with Gasteiger partial charge < -0.3 is 14.5 Å². The number of anilines is 1. The third kappa shape index (κ3) is 3.95. The second kappa shape index (κ2) is 9.29. The summed E-state index contributed by atoms with van der Waals surface area (Å²) in [4.78, 5) is 24.9. The number of amides is 1. The van der Waals surface area contributed by atoms with Gasteiger partial charge in [0, 0.05) is 25.2 Å². The zero-order valence-electron chi connectivity index (χ0n) is 19.0. The largest absolute Gasteiger partial charge is 0.492 e. The molecule has 3 aromatic rings. The van der Waals surface area contributed by atoms with E-state index in [1.54, 1.807) is 11.0 Å². The van der Waals surface area contributed by atoms with Gasteiger partial charge in [-0.2, -0.15) is 5.26 Å². The van der Waals surface area contributed by atoms with Crippen LogP contribution in [0.4, 0.5) is 14.6 Å². The zero-order chi connectivity index (χ0) is 24.5. The highest BCUT2D eigenvalue weighted by Crippen LogP contribution is 2.44. The minimum atomic E-state index is -0.645. The SMILES string of the molecule is C=CC(=O)N1CCN(c2ncnc3cc(-c4c(F)cccc4F)c4c(c23)OCCC4)CC1CC#N. The van der Waals surface area contributed by atoms with Crippen LogP contribution in [-0.2, 0) is 11.2 Å². The highest BCUT2D eigenvalue weighted by molar-refractivity contribution is 6.00. The van der Waals surface area contributed by atoms with Gasteiger partial charge in [0.2, 0.25) is 5.91 Å². The average molecular weight is 475 g/mol. The number of nitrogens with zero attached hydrogens (tertiary/aromatic N) is 5. The molecular weight excluding hydrogens is 452 g/mol. The summed E-state index contributed by atoms with van der Waals surface area (Å²) >= 11 is 0. The molecule has 5 rings (SSSR count). The molecule has 1 unspecified atom stereocenters. The van der Waals surface area contributed by atoms with Gasteiger partial charge in [0.25, 0.3) is 0 Å². The predicted octanol–water partition coefficient (Wildman–Crippen LogP) is 4.02. The highest BCUT2D eigenvalue weighted by Gasteiger charge is 2.32. The molecule has 1 fully saturated rings. The Morgan fingerprint density at radius 2 is 2.09 bits per heavy atom. The molecule has 1 atom stereocenters. The van der Waals surface area contributed by atoms with Crippen molar-refractivity contribution >= 4 is 22.6 Å². The van der Waals surface area contributed by atoms with Gasteiger partial charge in [-0.15, -0.1) is 0 Å². The van der Waals surface area contributed by atoms with Crippen LogP contribution in [0.1, 0.15) is 18.4 Å². The Morgan fingerprint density at radius 1 is 1.29 bits per heavy atom. The number of benzene rings is 2. The van der Waals surface area contributed by atoms with Crippen LogP contribution in [0.5, 0.6) is 5.75 Å². The topological polar surface area (TPSA) is 82.3 Å². The van der Waals surface area contributed by atoms with E-state index in [0.717, 1.165) is 12.0 Å². The Kier molecular flexibility index (Phi) is 6.03. The molecule has 2 aliphatic rings. The molecule has 0 N–H and O–H groups in total. The number of carbonyl (C=O) groups excluding carboxylic acids is 1. The van der Waals surface area contributed by atoms with E-state index >= 15 is 0 Å². The monoisotopic (exact) mass is 475 g/mol. The normalized spacial score (nSPS) is 17.5. The van der Waals surface area contributed by atoms with Crippen LogP contribution in [0, 0.1) is 23.0 Å². The Balaban J connectivity index is 1.65. The van der Waals surface area contributed by atoms with E-state index in [2.05, 4.69) is 22.6 Å². The van der Waals surface area contributed by atoms with Crippen molar-refractivity contribution in [1.29, 1.82) is 5.26 Å². The molecular formula is C26H23F2N5O2. The van der Waals surface area contributed by atoms with Gasteiger partial charge in [-0.3, -0.25) is 4.79 Å². The summed E-state index contributed by atoms with van der Waals surface area (Å²) in [6.07, 6.45) is 4.16. The quantitative estimate of drug-likeness (QED) is 0.530. The van der Waals surface area contributed by atoms with E-state index in [9.17, 15) is 18.8 Å². The molecule has 3 heterocycles. The van der Waals surface area contributed by atoms with E-state index in [4.69, 9.17) is 4.74 Å². The smallest absolute Gasteiger partial charge is 0.246 e. The first kappa shape index (κ1) is 22.7. The lowest BCUT2D eigenvalue weighted by Gasteiger charge is -2.41. The Bertz CT molecular complexity index is 1350. The van der Waals surface area contributed by atoms with Crippen molar-refractivity contribution in [2.45, 2.75) is 25.3 Å². The first-order chi connectivity index (χ1) is 17.0. The van der Waals surface area contributed by atoms with E-state index in [0.29, 0.717) is 60.7 Å². The van der Waals surface area contributed by atoms with E-state index in [1.165, 1.54) is 30.6 Å². The summed E-state index contributed by atoms with van der Waals surface area (Å²) < 4.78 is 35.6. The van der Waals surface area contributed by atoms with Crippen LogP contribution in [0.3, 0.4) is 0 Å². The second-order valence-electron chi connectivity index (χ2n) is 8.57. The number of halogens is 2. The van der Waals surface area contributed by atoms with Crippen molar-refractivity contribution in [3.8, 4) is 22.9 Å². The lowest BCUT2D eigenvalue weighted by Crippen LogP contribution is -2.55. The summed E-state index contributed by atoms with van der Waals surface area (Å²) in [5.41, 5.74) is 1.56. The zero-order valence-corrected chi connectivity index (χ0v) is 19.0. The Hall–Kier alpha value is -4.06. The summed E-state index contributed by atoms with van der Waals surface area (Å²) in [6, 6.07) is 7.35. The number of hydrogen-bond donors (Lipinski definition) is 0. The minimum absolute atomic E-state index is 0.0954. The highest BCUT2D eigenvalue weighted by atomic mass is 19.1. The van der Waals surface area contributed by atoms with E-state index in [-0.39, 0.29) is 23.9 Å². The molecule has 9 heteroatoms. The van der Waals surface area contributed by atoms with E-state index < -0.39 is 11.6 Å². The van der Waals surface area contributed by atoms with Crippen LogP contribution < -0.4 is 9.64 Å². The molecule has 0 spiro atoms. The van der Waals surface area contributed by atoms with Gasteiger partial charge in [-0.05, 0) is 42.7 Å². The van der Waals surface area contributed by atoms with Crippen LogP contribution in [0.2, 0.25) is 0 Å². The summed E-state index contributed by atoms with van der Waals surface area (Å²) in [5.74, 6) is -0.358. The molecule has 35 heavy (non-hydrogen) atoms. The molecule has 1 amide bonds. The fourth-order valence-electron chi connectivity index (χ4n) is 5.00. The van der Waals surface area contributed by atoms with Crippen LogP contribution in [0.15, 0.2) is 43.2 Å². The van der Waals surface area contributed by atoms with Gasteiger partial charge in [0.15, 0.2) is 0 Å². The fraction of sp³-hybridized carbons (Fsp3) is 0.308. The molecule has 0 aliphatic carbocycles. The van der Waals surface area contributed by atoms with Crippen LogP contribution in [0.25, 0.3) is 22.0 Å². The Labute approximate surface area is 201 Å². The summed E-state index contributed by atoms with van der Waals surface area (Å²) in [5, 5.41) is 9.99. The van der Waals surface area contributed by atoms with Crippen molar-refractivity contribution in [1.82, 2.24) is 14.9 Å². The van der Waals surface area contributed by atoms with E-state index in [1.807, 2.05) is 4.90 Å². The van der Waals surface area contributed by atoms with Crippen LogP contribution in [-0.4, -0.2) is 53.1 Å². The molecule has 1 saturated heterocycles. The van der Waals surface area contributed by atoms with Crippen molar-refractivity contribution < 1.29 is 18.3 Å². The third-order valence-corrected chi connectivity index (χ3v) is 6.58. The second-order valence-corrected chi connectivity index (χ2v) is 8.57. The average Bonchev–Trinajstić information content (AvgIpc) is 2.88. The van der Waals surface area contributed by atoms with Crippen molar-refractivity contribution in [3.05, 3.63) is 60.4 Å². The standard InChI is InChI=1S/C26H23F2N5O2/c1-2-22(34)33-11-10-32(14-16(33)8-9-29)26-24-21(30-15-31-26)13-18(17-5-4-12-35-25(17)24)23-19(27)6-3-7-20(23)28/h2-3,6-7,13,15-16H,1,4-5,8,10-12,14H2. The molecule has 0 saturated carbocycles. The molecule has 2 aromatic carbocycles. The maximum atomic E-state index is 14.7. The number of carbonyl (C=O) groups is 1. The maximum Gasteiger partial charge on any atom is 0.246 e. The molecule has 0 bridgehead atoms. The lowest BCUT2D eigenvalue weighted by molar-refractivity contribution is -0.128. The number of aromatic nitrogens is 2. The van der Waals surface area contributed by atoms with Crippen molar-refractivity contribution in [2.75, 3.05) is 31.1 Å². The number of rotatable bonds is 4. The fourth-order valence-corrected chi connectivity index (χ4v) is 5.00. The van der Waals surface area contributed by atoms with Crippen molar-refractivity contribution in [3.63, 3.8) is 0 Å². The lowest BCUT2D eigenvalue weighted by atomic mass is 9.91. The first-order valence-corrected chi connectivity index (χ1v) is 11.5. The molecule has 2 aliphatic heterocycles. The predicted molar refractivity (Wildman–Crippen MR) is 127 cm³/mol. The number of piperazine rings is 1. The third-order valence-electron chi connectivity index (χ3n) is 6.58. The number of fused-ring (bicyclic) bond motifs is 3. The molecule has 178 valence electrons. The van der Waals surface area contributed by atoms with Gasteiger partial charge in [0.05, 0.1) is 41.6 Å². The first-order valence-electron chi connectivity index (χ1n) is 11.5. The number of hydrogen-bond acceptors (Lipinski definition) is 6. The molecule has 1 aromatic heterocycles. The maximum absolute atomic E-state index is 14.7. The van der Waals surface area contributed by atoms with Gasteiger partial charge in [-0.1, -0.05) is 12.6 Å². The van der Waals surface area contributed by atoms with Crippen molar-refractivity contribution in [2.24, 2.45) is 0 Å². The van der Waals surface area contributed by atoms with Gasteiger partial charge in [-0.25, -0.2) is 18.7 Å². The summed E-state index contributed by atoms with van der Waals surface area (Å²) in [6.45, 7) is 5.33. The number of ether oxygens (including phenoxy) is 1. The molecule has 7 nitrogen and oxygen atoms in total. The molecule has 0 radical (unpaired) electrons. The minimum Gasteiger partial charge on any atom is -0.492 e. The van der Waals surface area contributed by atoms with Gasteiger partial charge >= 0.3 is 0 Å².